The number of rotatable bonds is 1. The lowest BCUT2D eigenvalue weighted by molar-refractivity contribution is 0.254. The molecular weight excluding hydrogens is 134 g/mol. The third kappa shape index (κ3) is 9.96. The molecule has 0 radical (unpaired) electrons. The molecule has 0 saturated heterocycles. The molecule has 1 N–H and O–H groups in total. The summed E-state index contributed by atoms with van der Waals surface area (Å²) < 4.78 is 0. The summed E-state index contributed by atoms with van der Waals surface area (Å²) in [6.07, 6.45) is 1.30. The van der Waals surface area contributed by atoms with E-state index < -0.39 is 0 Å². The molecule has 0 aliphatic heterocycles. The highest BCUT2D eigenvalue weighted by atomic mass is 14.7. The second kappa shape index (κ2) is 6.66. The summed E-state index contributed by atoms with van der Waals surface area (Å²) in [5.41, 5.74) is 0.509. The summed E-state index contributed by atoms with van der Waals surface area (Å²) in [7, 11) is 3.75. The van der Waals surface area contributed by atoms with Crippen LogP contribution in [0.15, 0.2) is 0 Å². The van der Waals surface area contributed by atoms with E-state index in [2.05, 4.69) is 39.9 Å². The average Bonchev–Trinajstić information content (AvgIpc) is 1.86. The Labute approximate surface area is 72.6 Å². The van der Waals surface area contributed by atoms with E-state index in [1.54, 1.807) is 0 Å². The Kier molecular flexibility index (Phi) is 8.20. The lowest BCUT2D eigenvalue weighted by Gasteiger charge is -2.25. The Morgan fingerprint density at radius 1 is 1.18 bits per heavy atom. The summed E-state index contributed by atoms with van der Waals surface area (Å²) in [6, 6.07) is 0. The van der Waals surface area contributed by atoms with Gasteiger partial charge in [-0.25, -0.2) is 0 Å². The fraction of sp³-hybridized carbons (Fsp3) is 1.00. The predicted octanol–water partition coefficient (Wildman–Crippen LogP) is 2.91. The fourth-order valence-corrected chi connectivity index (χ4v) is 0.612. The Morgan fingerprint density at radius 3 is 1.45 bits per heavy atom. The lowest BCUT2D eigenvalue weighted by atomic mass is 9.81. The molecule has 1 heteroatoms. The van der Waals surface area contributed by atoms with Crippen molar-refractivity contribution in [3.8, 4) is 0 Å². The van der Waals surface area contributed by atoms with E-state index in [0.29, 0.717) is 5.41 Å². The van der Waals surface area contributed by atoms with E-state index in [-0.39, 0.29) is 0 Å². The van der Waals surface area contributed by atoms with Crippen LogP contribution in [0.4, 0.5) is 0 Å². The van der Waals surface area contributed by atoms with Crippen molar-refractivity contribution < 1.29 is 0 Å². The van der Waals surface area contributed by atoms with E-state index >= 15 is 0 Å². The first-order valence-corrected chi connectivity index (χ1v) is 4.48. The smallest absolute Gasteiger partial charge is 0.0167 e. The lowest BCUT2D eigenvalue weighted by Crippen LogP contribution is -2.15. The molecule has 1 atom stereocenters. The van der Waals surface area contributed by atoms with Crippen LogP contribution in [0.3, 0.4) is 0 Å². The van der Waals surface area contributed by atoms with Crippen LogP contribution in [0.2, 0.25) is 0 Å². The van der Waals surface area contributed by atoms with E-state index in [4.69, 9.17) is 0 Å². The van der Waals surface area contributed by atoms with Crippen molar-refractivity contribution in [3.63, 3.8) is 0 Å². The minimum absolute atomic E-state index is 0.509. The minimum atomic E-state index is 0.509. The number of hydrogen-bond donors (Lipinski definition) is 1. The molecule has 0 rings (SSSR count). The molecule has 1 nitrogen and oxygen atoms in total. The predicted molar refractivity (Wildman–Crippen MR) is 53.9 cm³/mol. The Hall–Kier alpha value is -0.0400. The molecule has 0 aliphatic carbocycles. The van der Waals surface area contributed by atoms with Gasteiger partial charge in [-0.05, 0) is 25.4 Å². The van der Waals surface area contributed by atoms with Crippen LogP contribution in [0, 0.1) is 11.3 Å². The first-order chi connectivity index (χ1) is 4.90. The summed E-state index contributed by atoms with van der Waals surface area (Å²) >= 11 is 0. The topological polar surface area (TPSA) is 12.0 Å². The van der Waals surface area contributed by atoms with E-state index in [0.717, 1.165) is 5.92 Å². The first kappa shape index (κ1) is 13.5. The Morgan fingerprint density at radius 2 is 1.45 bits per heavy atom. The molecule has 0 aliphatic rings. The monoisotopic (exact) mass is 159 g/mol. The molecule has 0 heterocycles. The van der Waals surface area contributed by atoms with E-state index in [9.17, 15) is 0 Å². The molecule has 0 saturated carbocycles. The highest BCUT2D eigenvalue weighted by Gasteiger charge is 2.16. The molecule has 0 aromatic heterocycles. The highest BCUT2D eigenvalue weighted by molar-refractivity contribution is 4.67. The maximum atomic E-state index is 2.75. The van der Waals surface area contributed by atoms with Crippen LogP contribution in [0.1, 0.15) is 41.0 Å². The molecular formula is C10H25N. The van der Waals surface area contributed by atoms with E-state index in [1.807, 2.05) is 14.1 Å². The van der Waals surface area contributed by atoms with Gasteiger partial charge in [-0.15, -0.1) is 0 Å². The zero-order valence-corrected chi connectivity index (χ0v) is 9.28. The summed E-state index contributed by atoms with van der Waals surface area (Å²) in [5.74, 6) is 0.850. The molecule has 0 aromatic carbocycles. The summed E-state index contributed by atoms with van der Waals surface area (Å²) in [5, 5.41) is 2.75. The minimum Gasteiger partial charge on any atom is -0.323 e. The zero-order valence-electron chi connectivity index (χ0n) is 9.28. The molecule has 1 unspecified atom stereocenters. The SMILES string of the molecule is CCC(C)C(C)(C)C.CNC. The second-order valence-electron chi connectivity index (χ2n) is 4.18. The van der Waals surface area contributed by atoms with Gasteiger partial charge in [0.1, 0.15) is 0 Å². The zero-order chi connectivity index (χ0) is 9.49. The van der Waals surface area contributed by atoms with Crippen LogP contribution in [-0.2, 0) is 0 Å². The van der Waals surface area contributed by atoms with Crippen molar-refractivity contribution in [1.29, 1.82) is 0 Å². The molecule has 70 valence electrons. The van der Waals surface area contributed by atoms with Crippen molar-refractivity contribution >= 4 is 0 Å². The van der Waals surface area contributed by atoms with Gasteiger partial charge in [0.2, 0.25) is 0 Å². The Bertz CT molecular complexity index is 71.4. The molecule has 0 spiro atoms. The van der Waals surface area contributed by atoms with Gasteiger partial charge in [-0.3, -0.25) is 0 Å². The fourth-order valence-electron chi connectivity index (χ4n) is 0.612. The van der Waals surface area contributed by atoms with Gasteiger partial charge >= 0.3 is 0 Å². The maximum absolute atomic E-state index is 2.75. The van der Waals surface area contributed by atoms with Gasteiger partial charge in [0.15, 0.2) is 0 Å². The van der Waals surface area contributed by atoms with Crippen LogP contribution in [0.25, 0.3) is 0 Å². The third-order valence-electron chi connectivity index (χ3n) is 2.09. The van der Waals surface area contributed by atoms with Gasteiger partial charge in [0.05, 0.1) is 0 Å². The van der Waals surface area contributed by atoms with Crippen molar-refractivity contribution in [3.05, 3.63) is 0 Å². The molecule has 0 amide bonds. The maximum Gasteiger partial charge on any atom is -0.0167 e. The number of hydrogen-bond acceptors (Lipinski definition) is 1. The van der Waals surface area contributed by atoms with Gasteiger partial charge in [0, 0.05) is 0 Å². The van der Waals surface area contributed by atoms with Gasteiger partial charge in [-0.2, -0.15) is 0 Å². The summed E-state index contributed by atoms with van der Waals surface area (Å²) in [4.78, 5) is 0. The van der Waals surface area contributed by atoms with Gasteiger partial charge in [0.25, 0.3) is 0 Å². The Balaban J connectivity index is 0. The third-order valence-corrected chi connectivity index (χ3v) is 2.09. The molecule has 0 bridgehead atoms. The number of nitrogens with one attached hydrogen (secondary N) is 1. The van der Waals surface area contributed by atoms with Crippen LogP contribution in [-0.4, -0.2) is 14.1 Å². The highest BCUT2D eigenvalue weighted by Crippen LogP contribution is 2.27. The molecule has 0 aromatic rings. The van der Waals surface area contributed by atoms with Crippen molar-refractivity contribution in [2.75, 3.05) is 14.1 Å². The second-order valence-corrected chi connectivity index (χ2v) is 4.18. The standard InChI is InChI=1S/C8H18.C2H7N/c1-6-7(2)8(3,4)5;1-3-2/h7H,6H2,1-5H3;3H,1-2H3. The quantitative estimate of drug-likeness (QED) is 0.620. The van der Waals surface area contributed by atoms with Gasteiger partial charge in [-0.1, -0.05) is 41.0 Å². The van der Waals surface area contributed by atoms with Crippen molar-refractivity contribution in [1.82, 2.24) is 5.32 Å². The van der Waals surface area contributed by atoms with Crippen LogP contribution in [0.5, 0.6) is 0 Å². The van der Waals surface area contributed by atoms with Crippen molar-refractivity contribution in [2.45, 2.75) is 41.0 Å². The van der Waals surface area contributed by atoms with E-state index in [1.165, 1.54) is 6.42 Å². The average molecular weight is 159 g/mol. The van der Waals surface area contributed by atoms with Crippen molar-refractivity contribution in [2.24, 2.45) is 11.3 Å². The van der Waals surface area contributed by atoms with Gasteiger partial charge < -0.3 is 5.32 Å². The first-order valence-electron chi connectivity index (χ1n) is 4.48. The van der Waals surface area contributed by atoms with Crippen LogP contribution < -0.4 is 5.32 Å². The normalized spacial score (nSPS) is 13.4. The molecule has 11 heavy (non-hydrogen) atoms. The molecule has 0 fully saturated rings. The largest absolute Gasteiger partial charge is 0.323 e. The summed E-state index contributed by atoms with van der Waals surface area (Å²) in [6.45, 7) is 11.4. The van der Waals surface area contributed by atoms with Crippen LogP contribution >= 0.6 is 0 Å².